The molecule has 0 saturated heterocycles. The third-order valence-electron chi connectivity index (χ3n) is 0. The van der Waals surface area contributed by atoms with Gasteiger partial charge in [-0.1, -0.05) is 0 Å². The summed E-state index contributed by atoms with van der Waals surface area (Å²) in [6, 6.07) is 0. The maximum Gasteiger partial charge on any atom is 0.0462 e. The molecule has 0 N–H and O–H groups in total. The van der Waals surface area contributed by atoms with E-state index in [4.69, 9.17) is 15.8 Å². The van der Waals surface area contributed by atoms with Crippen molar-refractivity contribution in [1.29, 1.82) is 15.8 Å². The molecule has 7 heavy (non-hydrogen) atoms. The second kappa shape index (κ2) is 77.8. The summed E-state index contributed by atoms with van der Waals surface area (Å²) in [6.07, 6.45) is 0. The van der Waals surface area contributed by atoms with Gasteiger partial charge in [0.2, 0.25) is 0 Å². The Hall–Kier alpha value is -1.01. The summed E-state index contributed by atoms with van der Waals surface area (Å²) in [4.78, 5) is 0. The summed E-state index contributed by atoms with van der Waals surface area (Å²) >= 11 is 0. The number of nitriles is 3. The van der Waals surface area contributed by atoms with Gasteiger partial charge < -0.3 is 0 Å². The minimum atomic E-state index is 0. The van der Waals surface area contributed by atoms with Crippen molar-refractivity contribution in [1.82, 2.24) is 0 Å². The molecule has 0 aromatic carbocycles. The van der Waals surface area contributed by atoms with Crippen LogP contribution in [0.3, 0.4) is 0 Å². The van der Waals surface area contributed by atoms with Crippen LogP contribution in [0.5, 0.6) is 0 Å². The fourth-order valence-electron chi connectivity index (χ4n) is 0. The van der Waals surface area contributed by atoms with Gasteiger partial charge in [-0.05, 0) is 0 Å². The molecular formula is C3H3CuN3. The normalized spacial score (nSPS) is 0.857. The van der Waals surface area contributed by atoms with E-state index in [1.54, 1.807) is 0 Å². The molecule has 3 nitrogen and oxygen atoms in total. The van der Waals surface area contributed by atoms with Gasteiger partial charge in [0.05, 0.1) is 0 Å². The molecule has 0 aliphatic rings. The first-order valence-corrected chi connectivity index (χ1v) is 0.775. The van der Waals surface area contributed by atoms with Crippen LogP contribution in [0.2, 0.25) is 0 Å². The molecule has 0 amide bonds. The Morgan fingerprint density at radius 2 is 0.571 bits per heavy atom. The van der Waals surface area contributed by atoms with Crippen molar-refractivity contribution in [3.8, 4) is 19.7 Å². The van der Waals surface area contributed by atoms with E-state index in [1.165, 1.54) is 0 Å². The van der Waals surface area contributed by atoms with E-state index in [-0.39, 0.29) is 17.1 Å². The van der Waals surface area contributed by atoms with Gasteiger partial charge in [0.25, 0.3) is 0 Å². The van der Waals surface area contributed by atoms with Gasteiger partial charge in [-0.3, -0.25) is 0 Å². The molecule has 0 aliphatic heterocycles. The average molecular weight is 145 g/mol. The van der Waals surface area contributed by atoms with Crippen LogP contribution in [0.15, 0.2) is 0 Å². The molecule has 0 atom stereocenters. The first kappa shape index (κ1) is 37.7. The second-order valence-electron chi connectivity index (χ2n) is 0. The molecule has 0 aromatic heterocycles. The summed E-state index contributed by atoms with van der Waals surface area (Å²) in [5, 5.41) is 19.5. The molecule has 0 bridgehead atoms. The standard InChI is InChI=1S/3CHN.Cu/c3*1-2;/h3*1H;. The molecule has 0 aromatic rings. The molecule has 0 fully saturated rings. The second-order valence-corrected chi connectivity index (χ2v) is 0. The predicted octanol–water partition coefficient (Wildman–Crippen LogP) is 0.417. The van der Waals surface area contributed by atoms with Crippen LogP contribution in [0, 0.1) is 35.5 Å². The predicted molar refractivity (Wildman–Crippen MR) is 20.0 cm³/mol. The fraction of sp³-hybridized carbons (Fsp3) is 0. The number of rotatable bonds is 0. The van der Waals surface area contributed by atoms with Gasteiger partial charge in [0.1, 0.15) is 0 Å². The summed E-state index contributed by atoms with van der Waals surface area (Å²) in [5.41, 5.74) is 0. The van der Waals surface area contributed by atoms with E-state index in [0.717, 1.165) is 0 Å². The van der Waals surface area contributed by atoms with Crippen molar-refractivity contribution >= 4 is 0 Å². The van der Waals surface area contributed by atoms with Gasteiger partial charge in [-0.15, -0.1) is 0 Å². The van der Waals surface area contributed by atoms with Gasteiger partial charge >= 0.3 is 0 Å². The maximum absolute atomic E-state index is 6.50. The number of hydrogen-bond donors (Lipinski definition) is 0. The maximum atomic E-state index is 6.50. The monoisotopic (exact) mass is 144 g/mol. The van der Waals surface area contributed by atoms with Crippen molar-refractivity contribution < 1.29 is 17.1 Å². The van der Waals surface area contributed by atoms with E-state index < -0.39 is 0 Å². The Morgan fingerprint density at radius 1 is 0.571 bits per heavy atom. The number of nitrogens with zero attached hydrogens (tertiary/aromatic N) is 3. The zero-order valence-corrected chi connectivity index (χ0v) is 4.32. The van der Waals surface area contributed by atoms with Gasteiger partial charge in [0.15, 0.2) is 0 Å². The SMILES string of the molecule is C#N.C#N.C#N.[Cu]. The van der Waals surface area contributed by atoms with Crippen LogP contribution in [-0.2, 0) is 17.1 Å². The van der Waals surface area contributed by atoms with Crippen molar-refractivity contribution in [2.45, 2.75) is 0 Å². The molecule has 41 valence electrons. The molecule has 0 rings (SSSR count). The summed E-state index contributed by atoms with van der Waals surface area (Å²) in [6.45, 7) is 10.5. The van der Waals surface area contributed by atoms with Gasteiger partial charge in [-0.2, -0.15) is 0 Å². The van der Waals surface area contributed by atoms with E-state index in [1.807, 2.05) is 0 Å². The zero-order chi connectivity index (χ0) is 6.00. The average Bonchev–Trinajstić information content (AvgIpc) is 1.81. The Kier molecular flexibility index (Phi) is 419. The van der Waals surface area contributed by atoms with Crippen molar-refractivity contribution in [2.24, 2.45) is 0 Å². The minimum Gasteiger partial charge on any atom is -0.202 e. The van der Waals surface area contributed by atoms with E-state index in [0.29, 0.717) is 0 Å². The topological polar surface area (TPSA) is 71.4 Å². The van der Waals surface area contributed by atoms with Crippen LogP contribution < -0.4 is 0 Å². The first-order valence-electron chi connectivity index (χ1n) is 0.775. The van der Waals surface area contributed by atoms with Crippen molar-refractivity contribution in [3.05, 3.63) is 0 Å². The Balaban J connectivity index is -0.00000000900. The number of hydrogen-bond acceptors (Lipinski definition) is 3. The van der Waals surface area contributed by atoms with Crippen LogP contribution >= 0.6 is 0 Å². The Morgan fingerprint density at radius 3 is 0.571 bits per heavy atom. The van der Waals surface area contributed by atoms with Gasteiger partial charge in [0, 0.05) is 36.8 Å². The smallest absolute Gasteiger partial charge is 0.0462 e. The van der Waals surface area contributed by atoms with Crippen LogP contribution in [0.1, 0.15) is 0 Å². The quantitative estimate of drug-likeness (QED) is 0.463. The fourth-order valence-corrected chi connectivity index (χ4v) is 0. The molecular weight excluding hydrogens is 142 g/mol. The van der Waals surface area contributed by atoms with E-state index in [9.17, 15) is 0 Å². The van der Waals surface area contributed by atoms with Gasteiger partial charge in [-0.25, -0.2) is 15.8 Å². The summed E-state index contributed by atoms with van der Waals surface area (Å²) in [7, 11) is 0. The van der Waals surface area contributed by atoms with E-state index >= 15 is 0 Å². The Bertz CT molecular complexity index is 38.7. The first-order chi connectivity index (χ1) is 3.00. The summed E-state index contributed by atoms with van der Waals surface area (Å²) in [5.74, 6) is 0. The van der Waals surface area contributed by atoms with Crippen LogP contribution in [-0.4, -0.2) is 0 Å². The van der Waals surface area contributed by atoms with Crippen molar-refractivity contribution in [3.63, 3.8) is 0 Å². The zero-order valence-electron chi connectivity index (χ0n) is 3.38. The van der Waals surface area contributed by atoms with Crippen LogP contribution in [0.25, 0.3) is 0 Å². The Labute approximate surface area is 53.3 Å². The van der Waals surface area contributed by atoms with Crippen LogP contribution in [0.4, 0.5) is 0 Å². The third-order valence-corrected chi connectivity index (χ3v) is 0. The minimum absolute atomic E-state index is 0. The molecule has 0 aliphatic carbocycles. The summed E-state index contributed by atoms with van der Waals surface area (Å²) < 4.78 is 0. The molecule has 0 heterocycles. The largest absolute Gasteiger partial charge is 0.202 e. The molecule has 0 unspecified atom stereocenters. The molecule has 1 radical (unpaired) electrons. The molecule has 0 spiro atoms. The molecule has 4 heteroatoms. The molecule has 0 saturated carbocycles. The van der Waals surface area contributed by atoms with Crippen molar-refractivity contribution in [2.75, 3.05) is 0 Å². The van der Waals surface area contributed by atoms with E-state index in [2.05, 4.69) is 19.7 Å². The third kappa shape index (κ3) is 43.7.